The maximum atomic E-state index is 5.73. The molecule has 2 aromatic heterocycles. The molecule has 0 spiro atoms. The van der Waals surface area contributed by atoms with Gasteiger partial charge in [-0.05, 0) is 12.1 Å². The third-order valence-electron chi connectivity index (χ3n) is 1.83. The van der Waals surface area contributed by atoms with Crippen molar-refractivity contribution in [1.29, 1.82) is 0 Å². The van der Waals surface area contributed by atoms with Crippen LogP contribution in [0.25, 0.3) is 0 Å². The SMILES string of the molecule is NNc1ncnc(Oc2cccnc2)c1N. The fraction of sp³-hybridized carbons (Fsp3) is 0. The number of anilines is 2. The topological polar surface area (TPSA) is 112 Å². The number of nitrogen functional groups attached to an aromatic ring is 2. The highest BCUT2D eigenvalue weighted by molar-refractivity contribution is 5.66. The average molecular weight is 218 g/mol. The van der Waals surface area contributed by atoms with Gasteiger partial charge in [-0.1, -0.05) is 0 Å². The van der Waals surface area contributed by atoms with Gasteiger partial charge in [0.2, 0.25) is 5.88 Å². The van der Waals surface area contributed by atoms with Gasteiger partial charge in [-0.2, -0.15) is 4.98 Å². The summed E-state index contributed by atoms with van der Waals surface area (Å²) in [7, 11) is 0. The summed E-state index contributed by atoms with van der Waals surface area (Å²) in [6.45, 7) is 0. The van der Waals surface area contributed by atoms with Crippen LogP contribution in [0.3, 0.4) is 0 Å². The number of aromatic nitrogens is 3. The minimum absolute atomic E-state index is 0.232. The lowest BCUT2D eigenvalue weighted by molar-refractivity contribution is 0.462. The molecule has 82 valence electrons. The van der Waals surface area contributed by atoms with Gasteiger partial charge in [0.15, 0.2) is 5.82 Å². The van der Waals surface area contributed by atoms with Crippen LogP contribution in [0.1, 0.15) is 0 Å². The molecule has 0 saturated carbocycles. The zero-order chi connectivity index (χ0) is 11.4. The third kappa shape index (κ3) is 1.98. The van der Waals surface area contributed by atoms with E-state index in [1.807, 2.05) is 0 Å². The van der Waals surface area contributed by atoms with Crippen LogP contribution in [-0.2, 0) is 0 Å². The molecule has 0 aliphatic carbocycles. The summed E-state index contributed by atoms with van der Waals surface area (Å²) in [5.74, 6) is 6.31. The quantitative estimate of drug-likeness (QED) is 0.508. The average Bonchev–Trinajstić information content (AvgIpc) is 2.33. The monoisotopic (exact) mass is 218 g/mol. The highest BCUT2D eigenvalue weighted by atomic mass is 16.5. The zero-order valence-electron chi connectivity index (χ0n) is 8.29. The highest BCUT2D eigenvalue weighted by Gasteiger charge is 2.08. The van der Waals surface area contributed by atoms with E-state index in [1.165, 1.54) is 6.33 Å². The molecule has 0 aliphatic heterocycles. The number of rotatable bonds is 3. The van der Waals surface area contributed by atoms with Crippen LogP contribution >= 0.6 is 0 Å². The predicted octanol–water partition coefficient (Wildman–Crippen LogP) is 0.532. The lowest BCUT2D eigenvalue weighted by Crippen LogP contribution is -2.12. The van der Waals surface area contributed by atoms with Crippen molar-refractivity contribution in [2.45, 2.75) is 0 Å². The Morgan fingerprint density at radius 2 is 2.19 bits per heavy atom. The van der Waals surface area contributed by atoms with Crippen LogP contribution in [0.15, 0.2) is 30.9 Å². The third-order valence-corrected chi connectivity index (χ3v) is 1.83. The molecule has 0 saturated heterocycles. The number of hydrogen-bond acceptors (Lipinski definition) is 7. The molecule has 0 aliphatic rings. The van der Waals surface area contributed by atoms with E-state index in [9.17, 15) is 0 Å². The second-order valence-corrected chi connectivity index (χ2v) is 2.88. The minimum Gasteiger partial charge on any atom is -0.435 e. The van der Waals surface area contributed by atoms with E-state index < -0.39 is 0 Å². The van der Waals surface area contributed by atoms with Crippen molar-refractivity contribution in [3.05, 3.63) is 30.9 Å². The van der Waals surface area contributed by atoms with Crippen molar-refractivity contribution in [3.8, 4) is 11.6 Å². The number of pyridine rings is 1. The first-order chi connectivity index (χ1) is 7.81. The molecule has 7 nitrogen and oxygen atoms in total. The van der Waals surface area contributed by atoms with E-state index in [1.54, 1.807) is 24.5 Å². The molecule has 16 heavy (non-hydrogen) atoms. The van der Waals surface area contributed by atoms with E-state index in [0.717, 1.165) is 0 Å². The van der Waals surface area contributed by atoms with Gasteiger partial charge in [0, 0.05) is 6.20 Å². The second kappa shape index (κ2) is 4.41. The molecule has 0 fully saturated rings. The van der Waals surface area contributed by atoms with Crippen molar-refractivity contribution in [2.75, 3.05) is 11.2 Å². The normalized spacial score (nSPS) is 9.81. The first kappa shape index (κ1) is 10.1. The van der Waals surface area contributed by atoms with Crippen LogP contribution in [-0.4, -0.2) is 15.0 Å². The van der Waals surface area contributed by atoms with Gasteiger partial charge >= 0.3 is 0 Å². The molecule has 0 radical (unpaired) electrons. The standard InChI is InChI=1S/C9H10N6O/c10-7-8(15-11)13-5-14-9(7)16-6-2-1-3-12-4-6/h1-5H,10-11H2,(H,13,14,15). The van der Waals surface area contributed by atoms with E-state index in [4.69, 9.17) is 16.3 Å². The maximum absolute atomic E-state index is 5.73. The summed E-state index contributed by atoms with van der Waals surface area (Å²) in [6.07, 6.45) is 4.50. The molecule has 0 unspecified atom stereocenters. The maximum Gasteiger partial charge on any atom is 0.248 e. The number of nitrogens with two attached hydrogens (primary N) is 2. The van der Waals surface area contributed by atoms with Crippen molar-refractivity contribution in [1.82, 2.24) is 15.0 Å². The smallest absolute Gasteiger partial charge is 0.248 e. The number of hydrogen-bond donors (Lipinski definition) is 3. The Hall–Kier alpha value is -2.41. The molecule has 0 amide bonds. The van der Waals surface area contributed by atoms with Crippen molar-refractivity contribution in [3.63, 3.8) is 0 Å². The molecule has 2 heterocycles. The van der Waals surface area contributed by atoms with Gasteiger partial charge in [-0.3, -0.25) is 4.98 Å². The Labute approximate surface area is 91.5 Å². The second-order valence-electron chi connectivity index (χ2n) is 2.88. The van der Waals surface area contributed by atoms with Gasteiger partial charge in [0.1, 0.15) is 17.8 Å². The largest absolute Gasteiger partial charge is 0.435 e. The van der Waals surface area contributed by atoms with Gasteiger partial charge in [0.05, 0.1) is 6.20 Å². The summed E-state index contributed by atoms with van der Waals surface area (Å²) in [4.78, 5) is 11.6. The molecule has 0 bridgehead atoms. The van der Waals surface area contributed by atoms with Crippen LogP contribution in [0.2, 0.25) is 0 Å². The Morgan fingerprint density at radius 1 is 1.31 bits per heavy atom. The lowest BCUT2D eigenvalue weighted by atomic mass is 10.4. The predicted molar refractivity (Wildman–Crippen MR) is 58.6 cm³/mol. The van der Waals surface area contributed by atoms with Gasteiger partial charge < -0.3 is 15.9 Å². The molecule has 0 aromatic carbocycles. The molecular formula is C9H10N6O. The van der Waals surface area contributed by atoms with E-state index >= 15 is 0 Å². The van der Waals surface area contributed by atoms with E-state index in [0.29, 0.717) is 11.6 Å². The molecule has 2 rings (SSSR count). The van der Waals surface area contributed by atoms with Crippen molar-refractivity contribution >= 4 is 11.5 Å². The zero-order valence-corrected chi connectivity index (χ0v) is 8.29. The molecule has 5 N–H and O–H groups in total. The molecule has 2 aromatic rings. The minimum atomic E-state index is 0.232. The fourth-order valence-electron chi connectivity index (χ4n) is 1.09. The number of nitrogens with zero attached hydrogens (tertiary/aromatic N) is 3. The van der Waals surface area contributed by atoms with Gasteiger partial charge in [-0.15, -0.1) is 0 Å². The summed E-state index contributed by atoms with van der Waals surface area (Å²) in [6, 6.07) is 3.49. The molecule has 7 heteroatoms. The summed E-state index contributed by atoms with van der Waals surface area (Å²) < 4.78 is 5.42. The first-order valence-corrected chi connectivity index (χ1v) is 4.46. The number of hydrazine groups is 1. The van der Waals surface area contributed by atoms with Crippen LogP contribution in [0.4, 0.5) is 11.5 Å². The summed E-state index contributed by atoms with van der Waals surface area (Å²) in [5, 5.41) is 0. The van der Waals surface area contributed by atoms with Crippen molar-refractivity contribution in [2.24, 2.45) is 5.84 Å². The van der Waals surface area contributed by atoms with Crippen LogP contribution in [0.5, 0.6) is 11.6 Å². The van der Waals surface area contributed by atoms with Gasteiger partial charge in [-0.25, -0.2) is 10.8 Å². The highest BCUT2D eigenvalue weighted by Crippen LogP contribution is 2.27. The van der Waals surface area contributed by atoms with E-state index in [2.05, 4.69) is 20.4 Å². The Bertz CT molecular complexity index is 475. The lowest BCUT2D eigenvalue weighted by Gasteiger charge is -2.08. The Balaban J connectivity index is 2.28. The Kier molecular flexibility index (Phi) is 2.79. The van der Waals surface area contributed by atoms with Crippen LogP contribution in [0, 0.1) is 0 Å². The van der Waals surface area contributed by atoms with Gasteiger partial charge in [0.25, 0.3) is 0 Å². The number of nitrogens with one attached hydrogen (secondary N) is 1. The molecular weight excluding hydrogens is 208 g/mol. The Morgan fingerprint density at radius 3 is 2.88 bits per heavy atom. The number of ether oxygens (including phenoxy) is 1. The summed E-state index contributed by atoms with van der Waals surface area (Å²) in [5.41, 5.74) is 8.32. The molecule has 0 atom stereocenters. The van der Waals surface area contributed by atoms with E-state index in [-0.39, 0.29) is 11.6 Å². The first-order valence-electron chi connectivity index (χ1n) is 4.46. The summed E-state index contributed by atoms with van der Waals surface area (Å²) >= 11 is 0. The van der Waals surface area contributed by atoms with Crippen molar-refractivity contribution < 1.29 is 4.74 Å². The fourth-order valence-corrected chi connectivity index (χ4v) is 1.09. The van der Waals surface area contributed by atoms with Crippen LogP contribution < -0.4 is 21.7 Å².